The monoisotopic (exact) mass is 858 g/mol. The predicted molar refractivity (Wildman–Crippen MR) is 249 cm³/mol. The summed E-state index contributed by atoms with van der Waals surface area (Å²) < 4.78 is 0. The van der Waals surface area contributed by atoms with E-state index in [9.17, 15) is 0 Å². The summed E-state index contributed by atoms with van der Waals surface area (Å²) in [5.74, 6) is 3.82. The highest BCUT2D eigenvalue weighted by Crippen LogP contribution is 2.75. The predicted octanol–water partition coefficient (Wildman–Crippen LogP) is 10.8. The van der Waals surface area contributed by atoms with E-state index >= 15 is 0 Å². The molecule has 9 saturated carbocycles. The van der Waals surface area contributed by atoms with Crippen LogP contribution in [0.3, 0.4) is 0 Å². The topological polar surface area (TPSA) is 76.1 Å². The van der Waals surface area contributed by atoms with Gasteiger partial charge in [-0.15, -0.1) is 23.2 Å². The quantitative estimate of drug-likeness (QED) is 0.141. The molecule has 2 aromatic carbocycles. The second-order valence-corrected chi connectivity index (χ2v) is 23.6. The van der Waals surface area contributed by atoms with Gasteiger partial charge in [-0.05, 0) is 196 Å². The van der Waals surface area contributed by atoms with Crippen molar-refractivity contribution < 1.29 is 0 Å². The fourth-order valence-corrected chi connectivity index (χ4v) is 18.2. The van der Waals surface area contributed by atoms with Crippen LogP contribution in [0, 0.1) is 39.9 Å². The van der Waals surface area contributed by atoms with Crippen molar-refractivity contribution in [3.8, 4) is 0 Å². The summed E-state index contributed by atoms with van der Waals surface area (Å²) in [5, 5.41) is 7.93. The molecule has 2 aromatic rings. The van der Waals surface area contributed by atoms with E-state index in [2.05, 4.69) is 65.2 Å². The van der Waals surface area contributed by atoms with Crippen molar-refractivity contribution in [2.75, 3.05) is 18.3 Å². The standard InChI is InChI=1S/C50H68Cl2N4S2/c51-31-45-24-48(35-4-2-1-3-5-35)28-49(25-45,30-50(26-45,29-48)44(58)56-40-14-6-33(23-53)7-15-40)37-10-8-36(9-11-37)46-19-18-42-41(20-34(21-46)22-47(42,27-46)32-52)43(57)55-39-16-12-38(54)13-17-39/h1-5,8-11,33-34,38-42H,6-7,12-32,53-54H2,(H,55,57)(H,56,58). The van der Waals surface area contributed by atoms with Gasteiger partial charge in [0.05, 0.1) is 9.98 Å². The molecule has 0 radical (unpaired) electrons. The normalized spacial score (nSPS) is 45.1. The molecule has 0 amide bonds. The van der Waals surface area contributed by atoms with Crippen LogP contribution < -0.4 is 22.1 Å². The number of hydrogen-bond acceptors (Lipinski definition) is 4. The Morgan fingerprint density at radius 1 is 0.655 bits per heavy atom. The first kappa shape index (κ1) is 40.8. The minimum absolute atomic E-state index is 0.0377. The number of nitrogens with two attached hydrogens (primary N) is 2. The molecular formula is C50H68Cl2N4S2. The highest BCUT2D eigenvalue weighted by atomic mass is 35.5. The SMILES string of the molecule is NCC1CCC(NC(=S)C23CC4(CCl)CC(c5ccccc5)(C2)CC(c2ccc(C56CCC7C(C(=S)NC8CCC(N)CC8)CC(C5)CC7(CCl)C6)cc2)(C4)C3)CC1. The lowest BCUT2D eigenvalue weighted by atomic mass is 9.34. The summed E-state index contributed by atoms with van der Waals surface area (Å²) in [6, 6.07) is 23.1. The summed E-state index contributed by atoms with van der Waals surface area (Å²) in [6.45, 7) is 0.805. The zero-order valence-electron chi connectivity index (χ0n) is 34.7. The van der Waals surface area contributed by atoms with Crippen LogP contribution in [0.4, 0.5) is 0 Å². The van der Waals surface area contributed by atoms with E-state index in [-0.39, 0.29) is 32.5 Å². The zero-order chi connectivity index (χ0) is 40.0. The minimum atomic E-state index is -0.0569. The number of thiocarbonyl (C=S) groups is 2. The van der Waals surface area contributed by atoms with Crippen molar-refractivity contribution in [3.63, 3.8) is 0 Å². The maximum absolute atomic E-state index is 7.23. The number of alkyl halides is 2. The third-order valence-corrected chi connectivity index (χ3v) is 20.6. The van der Waals surface area contributed by atoms with E-state index < -0.39 is 0 Å². The molecule has 9 unspecified atom stereocenters. The molecule has 0 heterocycles. The van der Waals surface area contributed by atoms with Gasteiger partial charge in [-0.1, -0.05) is 79.0 Å². The van der Waals surface area contributed by atoms with Crippen LogP contribution >= 0.6 is 47.6 Å². The molecule has 7 bridgehead atoms. The molecule has 9 aliphatic carbocycles. The van der Waals surface area contributed by atoms with E-state index in [1.165, 1.54) is 88.2 Å². The largest absolute Gasteiger partial charge is 0.377 e. The summed E-state index contributed by atoms with van der Waals surface area (Å²) in [4.78, 5) is 2.26. The van der Waals surface area contributed by atoms with Crippen LogP contribution in [0.25, 0.3) is 0 Å². The van der Waals surface area contributed by atoms with Gasteiger partial charge in [0.1, 0.15) is 0 Å². The van der Waals surface area contributed by atoms with Crippen molar-refractivity contribution in [2.24, 2.45) is 51.4 Å². The third kappa shape index (κ3) is 6.77. The fourth-order valence-electron chi connectivity index (χ4n) is 16.7. The minimum Gasteiger partial charge on any atom is -0.377 e. The maximum Gasteiger partial charge on any atom is 0.0819 e. The molecule has 9 fully saturated rings. The molecule has 11 rings (SSSR count). The van der Waals surface area contributed by atoms with Crippen LogP contribution in [0.15, 0.2) is 54.6 Å². The molecule has 8 heteroatoms. The van der Waals surface area contributed by atoms with Crippen molar-refractivity contribution in [3.05, 3.63) is 71.3 Å². The Kier molecular flexibility index (Phi) is 10.7. The number of nitrogens with one attached hydrogen (secondary N) is 2. The summed E-state index contributed by atoms with van der Waals surface area (Å²) in [5.41, 5.74) is 17.4. The number of halogens is 2. The maximum atomic E-state index is 7.23. The summed E-state index contributed by atoms with van der Waals surface area (Å²) in [6.07, 6.45) is 23.6. The smallest absolute Gasteiger partial charge is 0.0819 e. The van der Waals surface area contributed by atoms with Gasteiger partial charge in [0, 0.05) is 41.2 Å². The van der Waals surface area contributed by atoms with Gasteiger partial charge in [-0.25, -0.2) is 0 Å². The lowest BCUT2D eigenvalue weighted by Crippen LogP contribution is -2.68. The average molecular weight is 860 g/mol. The second-order valence-electron chi connectivity index (χ2n) is 22.2. The molecule has 0 spiro atoms. The lowest BCUT2D eigenvalue weighted by Gasteiger charge is -2.71. The Balaban J connectivity index is 0.940. The molecule has 6 N–H and O–H groups in total. The Hall–Kier alpha value is -1.28. The second kappa shape index (κ2) is 15.2. The Labute approximate surface area is 369 Å². The van der Waals surface area contributed by atoms with Gasteiger partial charge in [-0.2, -0.15) is 0 Å². The van der Waals surface area contributed by atoms with Gasteiger partial charge in [0.15, 0.2) is 0 Å². The van der Waals surface area contributed by atoms with Crippen molar-refractivity contribution in [1.82, 2.24) is 10.6 Å². The molecule has 58 heavy (non-hydrogen) atoms. The Morgan fingerprint density at radius 2 is 1.28 bits per heavy atom. The number of benzene rings is 2. The Bertz CT molecular complexity index is 1860. The molecule has 9 atom stereocenters. The highest BCUT2D eigenvalue weighted by molar-refractivity contribution is 7.80. The van der Waals surface area contributed by atoms with Gasteiger partial charge in [-0.3, -0.25) is 0 Å². The molecule has 4 nitrogen and oxygen atoms in total. The fraction of sp³-hybridized carbons (Fsp3) is 0.720. The first-order chi connectivity index (χ1) is 28.0. The number of rotatable bonds is 10. The van der Waals surface area contributed by atoms with Crippen LogP contribution in [0.1, 0.15) is 145 Å². The first-order valence-corrected chi connectivity index (χ1v) is 25.2. The molecular weight excluding hydrogens is 792 g/mol. The van der Waals surface area contributed by atoms with E-state index in [4.69, 9.17) is 59.1 Å². The Morgan fingerprint density at radius 3 is 1.91 bits per heavy atom. The molecule has 0 saturated heterocycles. The van der Waals surface area contributed by atoms with E-state index in [1.807, 2.05) is 0 Å². The van der Waals surface area contributed by atoms with Crippen LogP contribution in [0.2, 0.25) is 0 Å². The summed E-state index contributed by atoms with van der Waals surface area (Å²) in [7, 11) is 0. The zero-order valence-corrected chi connectivity index (χ0v) is 37.9. The third-order valence-electron chi connectivity index (χ3n) is 18.5. The van der Waals surface area contributed by atoms with Gasteiger partial charge < -0.3 is 22.1 Å². The number of fused-ring (bicyclic) bond motifs is 2. The molecule has 0 aliphatic heterocycles. The van der Waals surface area contributed by atoms with E-state index in [0.29, 0.717) is 47.7 Å². The van der Waals surface area contributed by atoms with Gasteiger partial charge in [0.25, 0.3) is 0 Å². The summed E-state index contributed by atoms with van der Waals surface area (Å²) >= 11 is 27.3. The number of hydrogen-bond donors (Lipinski definition) is 4. The lowest BCUT2D eigenvalue weighted by molar-refractivity contribution is -0.104. The van der Waals surface area contributed by atoms with Crippen LogP contribution in [-0.2, 0) is 16.2 Å². The average Bonchev–Trinajstić information content (AvgIpc) is 3.23. The molecule has 0 aromatic heterocycles. The van der Waals surface area contributed by atoms with Crippen LogP contribution in [-0.4, -0.2) is 46.4 Å². The van der Waals surface area contributed by atoms with Crippen LogP contribution in [0.5, 0.6) is 0 Å². The first-order valence-electron chi connectivity index (χ1n) is 23.3. The molecule has 314 valence electrons. The van der Waals surface area contributed by atoms with E-state index in [1.54, 1.807) is 5.56 Å². The highest BCUT2D eigenvalue weighted by Gasteiger charge is 2.70. The van der Waals surface area contributed by atoms with Crippen molar-refractivity contribution in [1.29, 1.82) is 0 Å². The molecule has 9 aliphatic rings. The van der Waals surface area contributed by atoms with Crippen molar-refractivity contribution in [2.45, 2.75) is 163 Å². The van der Waals surface area contributed by atoms with Gasteiger partial charge >= 0.3 is 0 Å². The van der Waals surface area contributed by atoms with E-state index in [0.717, 1.165) is 73.8 Å². The van der Waals surface area contributed by atoms with Crippen molar-refractivity contribution >= 4 is 57.6 Å². The van der Waals surface area contributed by atoms with Gasteiger partial charge in [0.2, 0.25) is 0 Å².